The van der Waals surface area contributed by atoms with E-state index in [1.807, 2.05) is 25.1 Å². The highest BCUT2D eigenvalue weighted by molar-refractivity contribution is 5.54. The van der Waals surface area contributed by atoms with Gasteiger partial charge in [-0.25, -0.2) is 0 Å². The molecule has 0 aliphatic rings. The molecule has 0 saturated carbocycles. The van der Waals surface area contributed by atoms with Gasteiger partial charge in [0, 0.05) is 6.04 Å². The Morgan fingerprint density at radius 2 is 2.17 bits per heavy atom. The van der Waals surface area contributed by atoms with Gasteiger partial charge in [0.25, 0.3) is 0 Å². The minimum atomic E-state index is 0.102. The fraction of sp³-hybridized carbons (Fsp3) is 0.273. The van der Waals surface area contributed by atoms with Crippen LogP contribution in [0.1, 0.15) is 29.7 Å². The van der Waals surface area contributed by atoms with Crippen molar-refractivity contribution in [1.82, 2.24) is 0 Å². The van der Waals surface area contributed by atoms with E-state index in [0.717, 1.165) is 0 Å². The Kier molecular flexibility index (Phi) is 2.66. The number of nitrogens with two attached hydrogens (primary N) is 1. The summed E-state index contributed by atoms with van der Waals surface area (Å²) in [7, 11) is 0. The van der Waals surface area contributed by atoms with Gasteiger partial charge < -0.3 is 5.73 Å². The van der Waals surface area contributed by atoms with E-state index in [4.69, 9.17) is 5.73 Å². The predicted octanol–water partition coefficient (Wildman–Crippen LogP) is 2.66. The van der Waals surface area contributed by atoms with Crippen LogP contribution in [-0.4, -0.2) is 0 Å². The molecular formula is C11H15N. The van der Waals surface area contributed by atoms with Gasteiger partial charge in [0.1, 0.15) is 0 Å². The molecule has 1 atom stereocenters. The highest BCUT2D eigenvalue weighted by Crippen LogP contribution is 2.19. The first kappa shape index (κ1) is 9.01. The molecule has 0 saturated heterocycles. The van der Waals surface area contributed by atoms with E-state index in [-0.39, 0.29) is 6.04 Å². The standard InChI is InChI=1S/C11H15N/c1-4-10-6-5-7-11(8(10)2)9(3)12/h4-7,9H,1,12H2,2-3H3. The maximum atomic E-state index is 5.80. The van der Waals surface area contributed by atoms with Gasteiger partial charge in [-0.2, -0.15) is 0 Å². The number of hydrogen-bond donors (Lipinski definition) is 1. The quantitative estimate of drug-likeness (QED) is 0.709. The van der Waals surface area contributed by atoms with E-state index in [9.17, 15) is 0 Å². The molecule has 0 aliphatic carbocycles. The van der Waals surface area contributed by atoms with Crippen LogP contribution in [-0.2, 0) is 0 Å². The second-order valence-corrected chi connectivity index (χ2v) is 3.05. The van der Waals surface area contributed by atoms with Crippen molar-refractivity contribution in [2.45, 2.75) is 19.9 Å². The first-order chi connectivity index (χ1) is 5.66. The van der Waals surface area contributed by atoms with Crippen LogP contribution < -0.4 is 5.73 Å². The molecule has 0 bridgehead atoms. The fourth-order valence-electron chi connectivity index (χ4n) is 1.39. The third kappa shape index (κ3) is 1.56. The van der Waals surface area contributed by atoms with Gasteiger partial charge in [-0.3, -0.25) is 0 Å². The summed E-state index contributed by atoms with van der Waals surface area (Å²) in [6, 6.07) is 6.23. The second-order valence-electron chi connectivity index (χ2n) is 3.05. The number of hydrogen-bond acceptors (Lipinski definition) is 1. The average Bonchev–Trinajstić information content (AvgIpc) is 2.04. The van der Waals surface area contributed by atoms with Gasteiger partial charge in [-0.1, -0.05) is 30.9 Å². The van der Waals surface area contributed by atoms with Crippen LogP contribution in [0.2, 0.25) is 0 Å². The molecule has 1 aromatic carbocycles. The van der Waals surface area contributed by atoms with Gasteiger partial charge in [-0.05, 0) is 30.5 Å². The van der Waals surface area contributed by atoms with Crippen molar-refractivity contribution < 1.29 is 0 Å². The molecule has 0 fully saturated rings. The number of benzene rings is 1. The maximum Gasteiger partial charge on any atom is 0.0268 e. The van der Waals surface area contributed by atoms with Crippen molar-refractivity contribution in [3.63, 3.8) is 0 Å². The summed E-state index contributed by atoms with van der Waals surface area (Å²) in [6.45, 7) is 7.83. The highest BCUT2D eigenvalue weighted by atomic mass is 14.6. The van der Waals surface area contributed by atoms with E-state index in [1.165, 1.54) is 16.7 Å². The Morgan fingerprint density at radius 3 is 2.67 bits per heavy atom. The molecule has 1 heteroatoms. The summed E-state index contributed by atoms with van der Waals surface area (Å²) in [4.78, 5) is 0. The Hall–Kier alpha value is -1.08. The van der Waals surface area contributed by atoms with Crippen molar-refractivity contribution >= 4 is 6.08 Å². The molecule has 2 N–H and O–H groups in total. The van der Waals surface area contributed by atoms with Gasteiger partial charge in [0.05, 0.1) is 0 Å². The molecule has 0 aromatic heterocycles. The molecule has 0 radical (unpaired) electrons. The monoisotopic (exact) mass is 161 g/mol. The van der Waals surface area contributed by atoms with E-state index < -0.39 is 0 Å². The molecule has 1 rings (SSSR count). The molecular weight excluding hydrogens is 146 g/mol. The third-order valence-corrected chi connectivity index (χ3v) is 2.13. The summed E-state index contributed by atoms with van der Waals surface area (Å²) < 4.78 is 0. The van der Waals surface area contributed by atoms with Crippen LogP contribution in [0.15, 0.2) is 24.8 Å². The summed E-state index contributed by atoms with van der Waals surface area (Å²) in [6.07, 6.45) is 1.86. The van der Waals surface area contributed by atoms with Crippen molar-refractivity contribution in [2.75, 3.05) is 0 Å². The lowest BCUT2D eigenvalue weighted by atomic mass is 9.98. The topological polar surface area (TPSA) is 26.0 Å². The second kappa shape index (κ2) is 3.55. The first-order valence-electron chi connectivity index (χ1n) is 4.14. The van der Waals surface area contributed by atoms with Crippen molar-refractivity contribution in [3.8, 4) is 0 Å². The summed E-state index contributed by atoms with van der Waals surface area (Å²) in [5, 5.41) is 0. The Balaban J connectivity index is 3.22. The van der Waals surface area contributed by atoms with Gasteiger partial charge in [-0.15, -0.1) is 0 Å². The molecule has 0 spiro atoms. The minimum absolute atomic E-state index is 0.102. The van der Waals surface area contributed by atoms with Crippen LogP contribution in [0.3, 0.4) is 0 Å². The van der Waals surface area contributed by atoms with Crippen LogP contribution in [0.25, 0.3) is 6.08 Å². The lowest BCUT2D eigenvalue weighted by molar-refractivity contribution is 0.809. The van der Waals surface area contributed by atoms with E-state index in [0.29, 0.717) is 0 Å². The largest absolute Gasteiger partial charge is 0.324 e. The lowest BCUT2D eigenvalue weighted by Gasteiger charge is -2.11. The predicted molar refractivity (Wildman–Crippen MR) is 53.9 cm³/mol. The molecule has 64 valence electrons. The third-order valence-electron chi connectivity index (χ3n) is 2.13. The number of rotatable bonds is 2. The van der Waals surface area contributed by atoms with Crippen LogP contribution in [0.5, 0.6) is 0 Å². The van der Waals surface area contributed by atoms with Crippen molar-refractivity contribution in [3.05, 3.63) is 41.5 Å². The summed E-state index contributed by atoms with van der Waals surface area (Å²) in [5.74, 6) is 0. The molecule has 0 amide bonds. The van der Waals surface area contributed by atoms with E-state index >= 15 is 0 Å². The van der Waals surface area contributed by atoms with Gasteiger partial charge in [0.15, 0.2) is 0 Å². The van der Waals surface area contributed by atoms with E-state index in [1.54, 1.807) is 0 Å². The van der Waals surface area contributed by atoms with Gasteiger partial charge in [0.2, 0.25) is 0 Å². The maximum absolute atomic E-state index is 5.80. The molecule has 1 unspecified atom stereocenters. The summed E-state index contributed by atoms with van der Waals surface area (Å²) >= 11 is 0. The van der Waals surface area contributed by atoms with Crippen molar-refractivity contribution in [2.24, 2.45) is 5.73 Å². The Morgan fingerprint density at radius 1 is 1.50 bits per heavy atom. The average molecular weight is 161 g/mol. The highest BCUT2D eigenvalue weighted by Gasteiger charge is 2.04. The molecule has 1 aromatic rings. The van der Waals surface area contributed by atoms with Crippen LogP contribution in [0, 0.1) is 6.92 Å². The zero-order valence-corrected chi connectivity index (χ0v) is 7.67. The normalized spacial score (nSPS) is 12.6. The fourth-order valence-corrected chi connectivity index (χ4v) is 1.39. The molecule has 0 heterocycles. The van der Waals surface area contributed by atoms with Crippen LogP contribution >= 0.6 is 0 Å². The minimum Gasteiger partial charge on any atom is -0.324 e. The molecule has 0 aliphatic heterocycles. The smallest absolute Gasteiger partial charge is 0.0268 e. The zero-order chi connectivity index (χ0) is 9.14. The Labute approximate surface area is 73.9 Å². The van der Waals surface area contributed by atoms with Crippen LogP contribution in [0.4, 0.5) is 0 Å². The zero-order valence-electron chi connectivity index (χ0n) is 7.67. The SMILES string of the molecule is C=Cc1cccc(C(C)N)c1C. The van der Waals surface area contributed by atoms with Gasteiger partial charge >= 0.3 is 0 Å². The van der Waals surface area contributed by atoms with Crippen molar-refractivity contribution in [1.29, 1.82) is 0 Å². The first-order valence-corrected chi connectivity index (χ1v) is 4.14. The molecule has 12 heavy (non-hydrogen) atoms. The molecule has 1 nitrogen and oxygen atoms in total. The lowest BCUT2D eigenvalue weighted by Crippen LogP contribution is -2.07. The van der Waals surface area contributed by atoms with E-state index in [2.05, 4.69) is 19.6 Å². The summed E-state index contributed by atoms with van der Waals surface area (Å²) in [5.41, 5.74) is 9.41. The Bertz CT molecular complexity index is 287.